The fourth-order valence-corrected chi connectivity index (χ4v) is 4.73. The maximum Gasteiger partial charge on any atom is 0.133 e. The first-order chi connectivity index (χ1) is 12.5. The Morgan fingerprint density at radius 3 is 2.31 bits per heavy atom. The van der Waals surface area contributed by atoms with Crippen molar-refractivity contribution in [2.75, 3.05) is 7.11 Å². The fraction of sp³-hybridized carbons (Fsp3) is 0.429. The summed E-state index contributed by atoms with van der Waals surface area (Å²) in [4.78, 5) is 2.60. The molecule has 26 heavy (non-hydrogen) atoms. The number of benzene rings is 2. The average molecular weight is 482 g/mol. The molecule has 2 aromatic rings. The van der Waals surface area contributed by atoms with Gasteiger partial charge in [0, 0.05) is 29.6 Å². The van der Waals surface area contributed by atoms with E-state index in [0.29, 0.717) is 12.1 Å². The van der Waals surface area contributed by atoms with Crippen molar-refractivity contribution in [3.63, 3.8) is 0 Å². The highest BCUT2D eigenvalue weighted by molar-refractivity contribution is 9.10. The Balaban J connectivity index is 1.79. The van der Waals surface area contributed by atoms with E-state index in [1.807, 2.05) is 6.07 Å². The standard InChI is InChI=1S/C21H26Br2N2O/c1-26-21-10-5-16(12-20(21)23)14-25(19-8-6-18(24)7-9-19)13-15-3-2-4-17(22)11-15/h2-5,10-12,18-19H,6-9,13-14,24H2,1H3. The number of hydrogen-bond donors (Lipinski definition) is 1. The molecule has 0 aromatic heterocycles. The molecule has 0 spiro atoms. The molecular formula is C21H26Br2N2O. The van der Waals surface area contributed by atoms with Gasteiger partial charge in [0.05, 0.1) is 11.6 Å². The van der Waals surface area contributed by atoms with Crippen LogP contribution < -0.4 is 10.5 Å². The lowest BCUT2D eigenvalue weighted by molar-refractivity contribution is 0.134. The van der Waals surface area contributed by atoms with E-state index in [1.54, 1.807) is 7.11 Å². The second-order valence-corrected chi connectivity index (χ2v) is 8.84. The van der Waals surface area contributed by atoms with Gasteiger partial charge in [-0.05, 0) is 77.0 Å². The lowest BCUT2D eigenvalue weighted by atomic mass is 9.90. The molecule has 1 aliphatic carbocycles. The number of nitrogens with two attached hydrogens (primary N) is 1. The molecule has 0 unspecified atom stereocenters. The van der Waals surface area contributed by atoms with Gasteiger partial charge < -0.3 is 10.5 Å². The van der Waals surface area contributed by atoms with Crippen molar-refractivity contribution in [3.05, 3.63) is 62.5 Å². The third kappa shape index (κ3) is 5.32. The lowest BCUT2D eigenvalue weighted by Gasteiger charge is -2.36. The summed E-state index contributed by atoms with van der Waals surface area (Å²) in [6.07, 6.45) is 4.58. The van der Waals surface area contributed by atoms with Crippen LogP contribution in [-0.4, -0.2) is 24.1 Å². The van der Waals surface area contributed by atoms with Gasteiger partial charge in [0.25, 0.3) is 0 Å². The number of rotatable bonds is 6. The lowest BCUT2D eigenvalue weighted by Crippen LogP contribution is -2.40. The summed E-state index contributed by atoms with van der Waals surface area (Å²) in [6.45, 7) is 1.87. The second-order valence-electron chi connectivity index (χ2n) is 7.07. The number of nitrogens with zero attached hydrogens (tertiary/aromatic N) is 1. The van der Waals surface area contributed by atoms with E-state index < -0.39 is 0 Å². The summed E-state index contributed by atoms with van der Waals surface area (Å²) in [5.41, 5.74) is 8.76. The van der Waals surface area contributed by atoms with E-state index in [4.69, 9.17) is 10.5 Å². The molecule has 1 saturated carbocycles. The zero-order valence-electron chi connectivity index (χ0n) is 15.1. The van der Waals surface area contributed by atoms with Gasteiger partial charge in [-0.1, -0.05) is 34.1 Å². The first-order valence-electron chi connectivity index (χ1n) is 9.11. The van der Waals surface area contributed by atoms with Gasteiger partial charge in [-0.3, -0.25) is 4.90 Å². The van der Waals surface area contributed by atoms with Crippen LogP contribution in [0.5, 0.6) is 5.75 Å². The largest absolute Gasteiger partial charge is 0.496 e. The Labute approximate surface area is 173 Å². The summed E-state index contributed by atoms with van der Waals surface area (Å²) >= 11 is 7.20. The molecule has 3 nitrogen and oxygen atoms in total. The molecule has 3 rings (SSSR count). The van der Waals surface area contributed by atoms with Crippen molar-refractivity contribution in [2.45, 2.75) is 50.9 Å². The molecule has 0 radical (unpaired) electrons. The van der Waals surface area contributed by atoms with Crippen molar-refractivity contribution in [3.8, 4) is 5.75 Å². The summed E-state index contributed by atoms with van der Waals surface area (Å²) in [5, 5.41) is 0. The van der Waals surface area contributed by atoms with Gasteiger partial charge >= 0.3 is 0 Å². The zero-order chi connectivity index (χ0) is 18.5. The van der Waals surface area contributed by atoms with Crippen LogP contribution in [0.4, 0.5) is 0 Å². The van der Waals surface area contributed by atoms with Crippen LogP contribution in [-0.2, 0) is 13.1 Å². The molecule has 2 N–H and O–H groups in total. The minimum atomic E-state index is 0.370. The summed E-state index contributed by atoms with van der Waals surface area (Å²) in [7, 11) is 1.70. The molecule has 1 aliphatic rings. The molecule has 0 heterocycles. The predicted octanol–water partition coefficient (Wildman–Crippen LogP) is 5.49. The Kier molecular flexibility index (Phi) is 7.15. The quantitative estimate of drug-likeness (QED) is 0.592. The molecule has 0 aliphatic heterocycles. The monoisotopic (exact) mass is 480 g/mol. The highest BCUT2D eigenvalue weighted by Gasteiger charge is 2.24. The van der Waals surface area contributed by atoms with Gasteiger partial charge in [0.2, 0.25) is 0 Å². The Morgan fingerprint density at radius 1 is 1.00 bits per heavy atom. The van der Waals surface area contributed by atoms with Crippen molar-refractivity contribution in [1.29, 1.82) is 0 Å². The molecule has 140 valence electrons. The van der Waals surface area contributed by atoms with Crippen LogP contribution in [0.25, 0.3) is 0 Å². The maximum atomic E-state index is 6.13. The SMILES string of the molecule is COc1ccc(CN(Cc2cccc(Br)c2)C2CCC(N)CC2)cc1Br. The number of hydrogen-bond acceptors (Lipinski definition) is 3. The smallest absolute Gasteiger partial charge is 0.133 e. The Hall–Kier alpha value is -0.880. The summed E-state index contributed by atoms with van der Waals surface area (Å²) in [5.74, 6) is 0.871. The first-order valence-corrected chi connectivity index (χ1v) is 10.7. The van der Waals surface area contributed by atoms with Crippen LogP contribution in [0.15, 0.2) is 51.4 Å². The topological polar surface area (TPSA) is 38.5 Å². The minimum absolute atomic E-state index is 0.370. The van der Waals surface area contributed by atoms with Crippen LogP contribution >= 0.6 is 31.9 Å². The Bertz CT molecular complexity index is 730. The molecule has 1 fully saturated rings. The van der Waals surface area contributed by atoms with Gasteiger partial charge in [-0.25, -0.2) is 0 Å². The van der Waals surface area contributed by atoms with E-state index in [-0.39, 0.29) is 0 Å². The van der Waals surface area contributed by atoms with E-state index >= 15 is 0 Å². The van der Waals surface area contributed by atoms with Crippen LogP contribution in [0.2, 0.25) is 0 Å². The number of halogens is 2. The Morgan fingerprint density at radius 2 is 1.69 bits per heavy atom. The molecule has 2 aromatic carbocycles. The normalized spacial score (nSPS) is 20.3. The second kappa shape index (κ2) is 9.36. The van der Waals surface area contributed by atoms with Gasteiger partial charge in [0.15, 0.2) is 0 Å². The van der Waals surface area contributed by atoms with Crippen LogP contribution in [0.3, 0.4) is 0 Å². The van der Waals surface area contributed by atoms with E-state index in [9.17, 15) is 0 Å². The van der Waals surface area contributed by atoms with E-state index in [0.717, 1.165) is 40.6 Å². The fourth-order valence-electron chi connectivity index (χ4n) is 3.69. The molecule has 0 bridgehead atoms. The van der Waals surface area contributed by atoms with Crippen LogP contribution in [0.1, 0.15) is 36.8 Å². The van der Waals surface area contributed by atoms with E-state index in [2.05, 4.69) is 73.2 Å². The number of methoxy groups -OCH3 is 1. The van der Waals surface area contributed by atoms with Crippen molar-refractivity contribution in [2.24, 2.45) is 5.73 Å². The third-order valence-corrected chi connectivity index (χ3v) is 6.25. The predicted molar refractivity (Wildman–Crippen MR) is 114 cm³/mol. The maximum absolute atomic E-state index is 6.13. The summed E-state index contributed by atoms with van der Waals surface area (Å²) in [6, 6.07) is 15.9. The van der Waals surface area contributed by atoms with Gasteiger partial charge in [-0.2, -0.15) is 0 Å². The first kappa shape index (κ1) is 19.9. The van der Waals surface area contributed by atoms with E-state index in [1.165, 1.54) is 24.0 Å². The molecular weight excluding hydrogens is 456 g/mol. The highest BCUT2D eigenvalue weighted by atomic mass is 79.9. The molecule has 0 atom stereocenters. The van der Waals surface area contributed by atoms with Gasteiger partial charge in [0.1, 0.15) is 5.75 Å². The molecule has 0 saturated heterocycles. The van der Waals surface area contributed by atoms with Crippen LogP contribution in [0, 0.1) is 0 Å². The molecule has 0 amide bonds. The number of ether oxygens (including phenoxy) is 1. The summed E-state index contributed by atoms with van der Waals surface area (Å²) < 4.78 is 7.50. The zero-order valence-corrected chi connectivity index (χ0v) is 18.3. The highest BCUT2D eigenvalue weighted by Crippen LogP contribution is 2.29. The minimum Gasteiger partial charge on any atom is -0.496 e. The van der Waals surface area contributed by atoms with Crippen molar-refractivity contribution < 1.29 is 4.74 Å². The molecule has 5 heteroatoms. The third-order valence-electron chi connectivity index (χ3n) is 5.13. The van der Waals surface area contributed by atoms with Crippen molar-refractivity contribution >= 4 is 31.9 Å². The average Bonchev–Trinajstić information content (AvgIpc) is 2.62. The van der Waals surface area contributed by atoms with Crippen molar-refractivity contribution in [1.82, 2.24) is 4.90 Å². The van der Waals surface area contributed by atoms with Gasteiger partial charge in [-0.15, -0.1) is 0 Å².